The summed E-state index contributed by atoms with van der Waals surface area (Å²) in [5.74, 6) is -1.80. The second-order valence-electron chi connectivity index (χ2n) is 5.25. The van der Waals surface area contributed by atoms with Crippen LogP contribution in [0.25, 0.3) is 0 Å². The van der Waals surface area contributed by atoms with E-state index in [4.69, 9.17) is 5.11 Å². The highest BCUT2D eigenvalue weighted by Gasteiger charge is 2.22. The van der Waals surface area contributed by atoms with Crippen molar-refractivity contribution in [3.05, 3.63) is 29.8 Å². The molecule has 0 aromatic heterocycles. The summed E-state index contributed by atoms with van der Waals surface area (Å²) in [5, 5.41) is 8.84. The number of nitrogens with zero attached hydrogens (tertiary/aromatic N) is 1. The number of hydrogen-bond donors (Lipinski definition) is 2. The molecule has 8 nitrogen and oxygen atoms in total. The zero-order valence-electron chi connectivity index (χ0n) is 13.6. The quantitative estimate of drug-likeness (QED) is 0.654. The van der Waals surface area contributed by atoms with Gasteiger partial charge in [0, 0.05) is 25.6 Å². The number of sulfonamides is 1. The van der Waals surface area contributed by atoms with E-state index in [1.165, 1.54) is 45.2 Å². The minimum absolute atomic E-state index is 0.0211. The first-order valence-corrected chi connectivity index (χ1v) is 8.63. The van der Waals surface area contributed by atoms with Gasteiger partial charge >= 0.3 is 5.97 Å². The fourth-order valence-electron chi connectivity index (χ4n) is 1.80. The SMILES string of the molecule is CC(=O)c1ccc(S(=O)(=O)NCCC(=O)N(C)C(C)C(=O)O)cc1. The Bertz CT molecular complexity index is 727. The van der Waals surface area contributed by atoms with Crippen LogP contribution < -0.4 is 4.72 Å². The van der Waals surface area contributed by atoms with Gasteiger partial charge in [-0.3, -0.25) is 9.59 Å². The molecule has 0 heterocycles. The highest BCUT2D eigenvalue weighted by molar-refractivity contribution is 7.89. The third-order valence-electron chi connectivity index (χ3n) is 3.53. The number of likely N-dealkylation sites (N-methyl/N-ethyl adjacent to an activating group) is 1. The van der Waals surface area contributed by atoms with Crippen LogP contribution in [0.3, 0.4) is 0 Å². The third kappa shape index (κ3) is 5.14. The van der Waals surface area contributed by atoms with Crippen LogP contribution in [-0.2, 0) is 19.6 Å². The van der Waals surface area contributed by atoms with Crippen molar-refractivity contribution in [2.24, 2.45) is 0 Å². The molecule has 1 atom stereocenters. The Hall–Kier alpha value is -2.26. The van der Waals surface area contributed by atoms with Crippen LogP contribution in [0.4, 0.5) is 0 Å². The molecule has 0 aliphatic heterocycles. The molecule has 1 aromatic carbocycles. The van der Waals surface area contributed by atoms with Crippen LogP contribution in [-0.4, -0.2) is 55.7 Å². The summed E-state index contributed by atoms with van der Waals surface area (Å²) in [6.07, 6.45) is -0.168. The number of carbonyl (C=O) groups is 3. The molecule has 0 bridgehead atoms. The van der Waals surface area contributed by atoms with Gasteiger partial charge in [0.25, 0.3) is 0 Å². The molecule has 0 saturated carbocycles. The van der Waals surface area contributed by atoms with Gasteiger partial charge in [-0.05, 0) is 26.0 Å². The number of amides is 1. The van der Waals surface area contributed by atoms with Crippen LogP contribution in [0.15, 0.2) is 29.2 Å². The summed E-state index contributed by atoms with van der Waals surface area (Å²) in [4.78, 5) is 34.8. The maximum atomic E-state index is 12.1. The molecule has 1 amide bonds. The maximum Gasteiger partial charge on any atom is 0.326 e. The van der Waals surface area contributed by atoms with Gasteiger partial charge in [0.2, 0.25) is 15.9 Å². The van der Waals surface area contributed by atoms with Gasteiger partial charge in [-0.15, -0.1) is 0 Å². The highest BCUT2D eigenvalue weighted by Crippen LogP contribution is 2.11. The maximum absolute atomic E-state index is 12.1. The fraction of sp³-hybridized carbons (Fsp3) is 0.400. The van der Waals surface area contributed by atoms with E-state index in [2.05, 4.69) is 4.72 Å². The second-order valence-corrected chi connectivity index (χ2v) is 7.01. The number of hydrogen-bond acceptors (Lipinski definition) is 5. The zero-order valence-corrected chi connectivity index (χ0v) is 14.5. The lowest BCUT2D eigenvalue weighted by molar-refractivity contribution is -0.148. The molecule has 0 radical (unpaired) electrons. The number of carbonyl (C=O) groups excluding carboxylic acids is 2. The summed E-state index contributed by atoms with van der Waals surface area (Å²) >= 11 is 0. The van der Waals surface area contributed by atoms with Crippen molar-refractivity contribution in [1.82, 2.24) is 9.62 Å². The summed E-state index contributed by atoms with van der Waals surface area (Å²) in [6.45, 7) is 2.58. The van der Waals surface area contributed by atoms with Crippen molar-refractivity contribution < 1.29 is 27.9 Å². The molecular formula is C15H20N2O6S. The highest BCUT2D eigenvalue weighted by atomic mass is 32.2. The molecule has 0 spiro atoms. The van der Waals surface area contributed by atoms with E-state index in [9.17, 15) is 22.8 Å². The molecule has 2 N–H and O–H groups in total. The van der Waals surface area contributed by atoms with Gasteiger partial charge in [-0.1, -0.05) is 12.1 Å². The fourth-order valence-corrected chi connectivity index (χ4v) is 2.83. The summed E-state index contributed by atoms with van der Waals surface area (Å²) < 4.78 is 26.5. The molecule has 9 heteroatoms. The molecular weight excluding hydrogens is 336 g/mol. The first kappa shape index (κ1) is 19.8. The monoisotopic (exact) mass is 356 g/mol. The topological polar surface area (TPSA) is 121 Å². The van der Waals surface area contributed by atoms with Crippen molar-refractivity contribution in [3.63, 3.8) is 0 Å². The van der Waals surface area contributed by atoms with E-state index in [0.717, 1.165) is 4.90 Å². The Kier molecular flexibility index (Phi) is 6.61. The number of Topliss-reactive ketones (excluding diaryl/α,β-unsaturated/α-hetero) is 1. The molecule has 0 saturated heterocycles. The standard InChI is InChI=1S/C15H20N2O6S/c1-10(15(20)21)17(3)14(19)8-9-16-24(22,23)13-6-4-12(5-7-13)11(2)18/h4-7,10,16H,8-9H2,1-3H3,(H,20,21). The number of benzene rings is 1. The van der Waals surface area contributed by atoms with E-state index in [-0.39, 0.29) is 23.6 Å². The van der Waals surface area contributed by atoms with E-state index in [1.54, 1.807) is 0 Å². The van der Waals surface area contributed by atoms with E-state index < -0.39 is 27.9 Å². The van der Waals surface area contributed by atoms with Gasteiger partial charge in [-0.25, -0.2) is 17.9 Å². The number of rotatable bonds is 8. The van der Waals surface area contributed by atoms with Crippen LogP contribution >= 0.6 is 0 Å². The van der Waals surface area contributed by atoms with Gasteiger partial charge in [-0.2, -0.15) is 0 Å². The smallest absolute Gasteiger partial charge is 0.326 e. The Balaban J connectivity index is 2.64. The number of carboxylic acids is 1. The van der Waals surface area contributed by atoms with Crippen molar-refractivity contribution >= 4 is 27.7 Å². The van der Waals surface area contributed by atoms with Crippen molar-refractivity contribution in [1.29, 1.82) is 0 Å². The zero-order chi connectivity index (χ0) is 18.5. The number of ketones is 1. The predicted octanol–water partition coefficient (Wildman–Crippen LogP) is 0.489. The molecule has 1 unspecified atom stereocenters. The average Bonchev–Trinajstić information content (AvgIpc) is 2.53. The lowest BCUT2D eigenvalue weighted by atomic mass is 10.2. The van der Waals surface area contributed by atoms with Gasteiger partial charge in [0.1, 0.15) is 6.04 Å². The number of aliphatic carboxylic acids is 1. The van der Waals surface area contributed by atoms with Crippen molar-refractivity contribution in [2.75, 3.05) is 13.6 Å². The van der Waals surface area contributed by atoms with Gasteiger partial charge in [0.05, 0.1) is 4.90 Å². The van der Waals surface area contributed by atoms with Crippen LogP contribution in [0, 0.1) is 0 Å². The normalized spacial score (nSPS) is 12.5. The first-order valence-electron chi connectivity index (χ1n) is 7.15. The lowest BCUT2D eigenvalue weighted by Crippen LogP contribution is -2.41. The van der Waals surface area contributed by atoms with E-state index in [1.807, 2.05) is 0 Å². The largest absolute Gasteiger partial charge is 0.480 e. The second kappa shape index (κ2) is 8.02. The minimum atomic E-state index is -3.81. The van der Waals surface area contributed by atoms with E-state index >= 15 is 0 Å². The molecule has 0 aliphatic rings. The molecule has 0 aliphatic carbocycles. The Morgan fingerprint density at radius 3 is 2.21 bits per heavy atom. The van der Waals surface area contributed by atoms with Crippen LogP contribution in [0.1, 0.15) is 30.6 Å². The average molecular weight is 356 g/mol. The Labute approximate surface area is 140 Å². The molecule has 0 fully saturated rings. The van der Waals surface area contributed by atoms with Crippen LogP contribution in [0.2, 0.25) is 0 Å². The van der Waals surface area contributed by atoms with Gasteiger partial charge < -0.3 is 10.0 Å². The summed E-state index contributed by atoms with van der Waals surface area (Å²) in [5.41, 5.74) is 0.397. The van der Waals surface area contributed by atoms with Crippen LogP contribution in [0.5, 0.6) is 0 Å². The number of nitrogens with one attached hydrogen (secondary N) is 1. The Morgan fingerprint density at radius 1 is 1.21 bits per heavy atom. The van der Waals surface area contributed by atoms with E-state index in [0.29, 0.717) is 5.56 Å². The third-order valence-corrected chi connectivity index (χ3v) is 5.01. The number of carboxylic acid groups (broad SMARTS) is 1. The molecule has 132 valence electrons. The van der Waals surface area contributed by atoms with Crippen molar-refractivity contribution in [3.8, 4) is 0 Å². The minimum Gasteiger partial charge on any atom is -0.480 e. The summed E-state index contributed by atoms with van der Waals surface area (Å²) in [6, 6.07) is 4.43. The predicted molar refractivity (Wildman–Crippen MR) is 86.1 cm³/mol. The first-order chi connectivity index (χ1) is 11.1. The summed E-state index contributed by atoms with van der Waals surface area (Å²) in [7, 11) is -2.47. The van der Waals surface area contributed by atoms with Crippen molar-refractivity contribution in [2.45, 2.75) is 31.2 Å². The molecule has 1 rings (SSSR count). The molecule has 1 aromatic rings. The lowest BCUT2D eigenvalue weighted by Gasteiger charge is -2.21. The molecule has 24 heavy (non-hydrogen) atoms. The van der Waals surface area contributed by atoms with Gasteiger partial charge in [0.15, 0.2) is 5.78 Å². The Morgan fingerprint density at radius 2 is 1.75 bits per heavy atom.